The first-order valence-corrected chi connectivity index (χ1v) is 12.9. The molecule has 0 spiro atoms. The van der Waals surface area contributed by atoms with Crippen LogP contribution in [-0.4, -0.2) is 61.0 Å². The Morgan fingerprint density at radius 3 is 2.58 bits per heavy atom. The fourth-order valence-corrected chi connectivity index (χ4v) is 5.88. The summed E-state index contributed by atoms with van der Waals surface area (Å²) in [5.41, 5.74) is 7.81. The average molecular weight is 490 g/mol. The van der Waals surface area contributed by atoms with Crippen LogP contribution in [0.5, 0.6) is 0 Å². The molecular formula is C29H35N3O4. The van der Waals surface area contributed by atoms with Crippen LogP contribution in [0.2, 0.25) is 0 Å². The molecule has 2 aliphatic heterocycles. The number of benzene rings is 1. The number of nitrogens with zero attached hydrogens (tertiary/aromatic N) is 3. The van der Waals surface area contributed by atoms with Crippen LogP contribution in [0.15, 0.2) is 47.1 Å². The molecule has 2 amide bonds. The molecule has 7 nitrogen and oxygen atoms in total. The zero-order valence-corrected chi connectivity index (χ0v) is 21.7. The summed E-state index contributed by atoms with van der Waals surface area (Å²) >= 11 is 0. The van der Waals surface area contributed by atoms with Gasteiger partial charge in [0.05, 0.1) is 6.04 Å². The number of rotatable bonds is 6. The van der Waals surface area contributed by atoms with Gasteiger partial charge >= 0.3 is 5.97 Å². The van der Waals surface area contributed by atoms with Gasteiger partial charge in [0.25, 0.3) is 11.8 Å². The summed E-state index contributed by atoms with van der Waals surface area (Å²) in [6, 6.07) is 6.95. The molecule has 1 atom stereocenters. The van der Waals surface area contributed by atoms with Crippen molar-refractivity contribution >= 4 is 29.5 Å². The molecule has 1 aromatic rings. The quantitative estimate of drug-likeness (QED) is 0.560. The van der Waals surface area contributed by atoms with Crippen molar-refractivity contribution in [3.05, 3.63) is 58.2 Å². The van der Waals surface area contributed by atoms with E-state index in [2.05, 4.69) is 74.2 Å². The predicted octanol–water partition coefficient (Wildman–Crippen LogP) is 4.15. The predicted molar refractivity (Wildman–Crippen MR) is 139 cm³/mol. The maximum Gasteiger partial charge on any atom is 0.333 e. The smallest absolute Gasteiger partial charge is 0.333 e. The number of carbonyl (C=O) groups excluding carboxylic acids is 3. The highest BCUT2D eigenvalue weighted by atomic mass is 16.7. The van der Waals surface area contributed by atoms with Gasteiger partial charge in [-0.2, -0.15) is 0 Å². The first-order valence-electron chi connectivity index (χ1n) is 12.9. The second-order valence-electron chi connectivity index (χ2n) is 10.9. The molecule has 2 fully saturated rings. The van der Waals surface area contributed by atoms with E-state index in [0.29, 0.717) is 11.5 Å². The van der Waals surface area contributed by atoms with Gasteiger partial charge in [-0.25, -0.2) is 4.79 Å². The van der Waals surface area contributed by atoms with Gasteiger partial charge in [0.1, 0.15) is 0 Å². The third kappa shape index (κ3) is 4.41. The highest BCUT2D eigenvalue weighted by Gasteiger charge is 2.38. The molecule has 1 aromatic carbocycles. The van der Waals surface area contributed by atoms with E-state index >= 15 is 0 Å². The van der Waals surface area contributed by atoms with E-state index in [9.17, 15) is 14.4 Å². The van der Waals surface area contributed by atoms with E-state index in [4.69, 9.17) is 4.84 Å². The number of imide groups is 1. The zero-order chi connectivity index (χ0) is 25.6. The molecule has 2 aliphatic carbocycles. The molecular weight excluding hydrogens is 454 g/mol. The lowest BCUT2D eigenvalue weighted by Gasteiger charge is -2.43. The van der Waals surface area contributed by atoms with Gasteiger partial charge in [-0.05, 0) is 78.4 Å². The second-order valence-corrected chi connectivity index (χ2v) is 10.9. The molecule has 190 valence electrons. The summed E-state index contributed by atoms with van der Waals surface area (Å²) in [5.74, 6) is -1.40. The Labute approximate surface area is 213 Å². The van der Waals surface area contributed by atoms with Gasteiger partial charge in [-0.15, -0.1) is 5.06 Å². The molecule has 5 rings (SSSR count). The van der Waals surface area contributed by atoms with Crippen LogP contribution >= 0.6 is 0 Å². The molecule has 4 aliphatic rings. The second kappa shape index (κ2) is 9.36. The maximum absolute atomic E-state index is 12.3. The van der Waals surface area contributed by atoms with Crippen molar-refractivity contribution in [3.63, 3.8) is 0 Å². The number of anilines is 1. The summed E-state index contributed by atoms with van der Waals surface area (Å²) in [7, 11) is 4.15. The van der Waals surface area contributed by atoms with Crippen molar-refractivity contribution in [2.75, 3.05) is 32.1 Å². The van der Waals surface area contributed by atoms with Crippen LogP contribution in [0.3, 0.4) is 0 Å². The molecule has 36 heavy (non-hydrogen) atoms. The summed E-state index contributed by atoms with van der Waals surface area (Å²) in [4.78, 5) is 45.3. The van der Waals surface area contributed by atoms with Crippen LogP contribution < -0.4 is 4.90 Å². The third-order valence-electron chi connectivity index (χ3n) is 7.90. The minimum atomic E-state index is -0.527. The van der Waals surface area contributed by atoms with Gasteiger partial charge in [-0.3, -0.25) is 14.5 Å². The normalized spacial score (nSPS) is 22.7. The van der Waals surface area contributed by atoms with E-state index in [-0.39, 0.29) is 30.7 Å². The van der Waals surface area contributed by atoms with Crippen molar-refractivity contribution in [1.82, 2.24) is 9.96 Å². The van der Waals surface area contributed by atoms with Crippen LogP contribution in [0.25, 0.3) is 6.08 Å². The maximum atomic E-state index is 12.3. The van der Waals surface area contributed by atoms with Crippen LogP contribution in [0, 0.1) is 0 Å². The molecule has 0 saturated carbocycles. The van der Waals surface area contributed by atoms with Crippen molar-refractivity contribution in [2.24, 2.45) is 0 Å². The topological polar surface area (TPSA) is 70.2 Å². The van der Waals surface area contributed by atoms with Gasteiger partial charge in [0, 0.05) is 44.5 Å². The number of fused-ring (bicyclic) bond motifs is 3. The van der Waals surface area contributed by atoms with Crippen LogP contribution in [0.1, 0.15) is 63.5 Å². The molecule has 2 saturated heterocycles. The van der Waals surface area contributed by atoms with Gasteiger partial charge in [0.2, 0.25) is 0 Å². The largest absolute Gasteiger partial charge is 0.378 e. The van der Waals surface area contributed by atoms with Gasteiger partial charge in [-0.1, -0.05) is 32.1 Å². The van der Waals surface area contributed by atoms with Crippen LogP contribution in [-0.2, 0) is 24.6 Å². The highest BCUT2D eigenvalue weighted by Crippen LogP contribution is 2.47. The zero-order valence-electron chi connectivity index (χ0n) is 21.7. The number of allylic oxidation sites excluding steroid dienone is 3. The van der Waals surface area contributed by atoms with E-state index in [0.717, 1.165) is 25.9 Å². The summed E-state index contributed by atoms with van der Waals surface area (Å²) in [6.45, 7) is 6.36. The summed E-state index contributed by atoms with van der Waals surface area (Å²) in [5, 5.41) is 0.633. The Kier molecular flexibility index (Phi) is 6.37. The highest BCUT2D eigenvalue weighted by molar-refractivity contribution is 6.01. The van der Waals surface area contributed by atoms with E-state index in [1.165, 1.54) is 33.5 Å². The number of piperidine rings is 1. The van der Waals surface area contributed by atoms with E-state index < -0.39 is 17.8 Å². The Morgan fingerprint density at radius 2 is 1.86 bits per heavy atom. The first kappa shape index (κ1) is 24.5. The number of likely N-dealkylation sites (tertiary alicyclic amines) is 1. The number of hydrogen-bond acceptors (Lipinski definition) is 6. The molecule has 2 heterocycles. The molecule has 0 bridgehead atoms. The van der Waals surface area contributed by atoms with Gasteiger partial charge < -0.3 is 9.74 Å². The Balaban J connectivity index is 1.30. The SMILES string of the molecule is CN(C)c1ccc2c(c1)C(C)(C)C1=CC3C(=CC1=C2)CCCN3CCCC(=O)ON1C(=O)CCC1=O. The van der Waals surface area contributed by atoms with Crippen LogP contribution in [0.4, 0.5) is 5.69 Å². The monoisotopic (exact) mass is 489 g/mol. The van der Waals surface area contributed by atoms with Crippen molar-refractivity contribution in [3.8, 4) is 0 Å². The Hall–Kier alpha value is -3.19. The molecule has 0 aromatic heterocycles. The van der Waals surface area contributed by atoms with E-state index in [1.54, 1.807) is 0 Å². The van der Waals surface area contributed by atoms with Crippen molar-refractivity contribution in [1.29, 1.82) is 0 Å². The molecule has 7 heteroatoms. The number of amides is 2. The van der Waals surface area contributed by atoms with Gasteiger partial charge in [0.15, 0.2) is 0 Å². The number of hydroxylamine groups is 2. The molecule has 0 radical (unpaired) electrons. The minimum Gasteiger partial charge on any atom is -0.378 e. The van der Waals surface area contributed by atoms with Crippen molar-refractivity contribution < 1.29 is 19.2 Å². The fourth-order valence-electron chi connectivity index (χ4n) is 5.88. The first-order chi connectivity index (χ1) is 17.1. The van der Waals surface area contributed by atoms with E-state index in [1.807, 2.05) is 0 Å². The lowest BCUT2D eigenvalue weighted by atomic mass is 9.66. The Bertz CT molecular complexity index is 1190. The fraction of sp³-hybridized carbons (Fsp3) is 0.483. The lowest BCUT2D eigenvalue weighted by Crippen LogP contribution is -2.43. The third-order valence-corrected chi connectivity index (χ3v) is 7.90. The summed E-state index contributed by atoms with van der Waals surface area (Å²) in [6.07, 6.45) is 10.3. The lowest BCUT2D eigenvalue weighted by molar-refractivity contribution is -0.197. The Morgan fingerprint density at radius 1 is 1.11 bits per heavy atom. The standard InChI is InChI=1S/C29H35N3O4/c1-29(2)23-17-22(30(3)4)10-9-19(23)15-21-16-20-7-5-13-31(25(20)18-24(21)29)14-6-8-28(35)36-32-26(33)11-12-27(32)34/h9-10,15-18,25H,5-8,11-14H2,1-4H3. The number of hydrogen-bond donors (Lipinski definition) is 0. The average Bonchev–Trinajstić information content (AvgIpc) is 3.15. The number of carbonyl (C=O) groups is 3. The van der Waals surface area contributed by atoms with Crippen molar-refractivity contribution in [2.45, 2.75) is 63.8 Å². The molecule has 0 N–H and O–H groups in total. The minimum absolute atomic E-state index is 0.110. The molecule has 1 unspecified atom stereocenters. The summed E-state index contributed by atoms with van der Waals surface area (Å²) < 4.78 is 0.